The van der Waals surface area contributed by atoms with Crippen LogP contribution in [-0.4, -0.2) is 10.2 Å². The molecule has 1 aromatic heterocycles. The number of nitrogens with two attached hydrogens (primary N) is 1. The maximum Gasteiger partial charge on any atom is 0.266 e. The fourth-order valence-electron chi connectivity index (χ4n) is 0.410. The number of aromatic amines is 2. The summed E-state index contributed by atoms with van der Waals surface area (Å²) in [6.45, 7) is 0. The molecule has 0 aliphatic carbocycles. The second-order valence-electron chi connectivity index (χ2n) is 1.32. The molecule has 0 amide bonds. The standard InChI is InChI=1S/C3H6N4O/c4-5-2-1-3(8)7-6-2/h1H,4H2,(H3,5,6,7,8). The molecule has 0 bridgehead atoms. The van der Waals surface area contributed by atoms with E-state index in [1.165, 1.54) is 6.07 Å². The van der Waals surface area contributed by atoms with Gasteiger partial charge >= 0.3 is 0 Å². The van der Waals surface area contributed by atoms with Gasteiger partial charge in [0.15, 0.2) is 0 Å². The third-order valence-electron chi connectivity index (χ3n) is 0.751. The highest BCUT2D eigenvalue weighted by Gasteiger charge is 1.87. The van der Waals surface area contributed by atoms with Gasteiger partial charge in [-0.15, -0.1) is 0 Å². The van der Waals surface area contributed by atoms with Crippen molar-refractivity contribution in [2.24, 2.45) is 5.84 Å². The summed E-state index contributed by atoms with van der Waals surface area (Å²) in [4.78, 5) is 10.3. The number of nitrogen functional groups attached to an aromatic ring is 1. The minimum absolute atomic E-state index is 0.196. The van der Waals surface area contributed by atoms with E-state index in [1.54, 1.807) is 0 Å². The summed E-state index contributed by atoms with van der Waals surface area (Å²) in [5, 5.41) is 4.78. The highest BCUT2D eigenvalue weighted by Crippen LogP contribution is 1.87. The Kier molecular flexibility index (Phi) is 1.05. The molecule has 1 aromatic rings. The summed E-state index contributed by atoms with van der Waals surface area (Å²) >= 11 is 0. The Morgan fingerprint density at radius 3 is 2.62 bits per heavy atom. The SMILES string of the molecule is NNc1cc(=O)[nH][nH]1. The number of hydrogen-bond donors (Lipinski definition) is 4. The van der Waals surface area contributed by atoms with Gasteiger partial charge in [-0.1, -0.05) is 0 Å². The van der Waals surface area contributed by atoms with Crippen molar-refractivity contribution in [1.29, 1.82) is 0 Å². The highest BCUT2D eigenvalue weighted by atomic mass is 16.1. The molecule has 0 aromatic carbocycles. The molecule has 0 saturated heterocycles. The molecule has 0 aliphatic rings. The molecule has 5 heteroatoms. The van der Waals surface area contributed by atoms with Crippen LogP contribution in [0.2, 0.25) is 0 Å². The first-order chi connectivity index (χ1) is 3.83. The van der Waals surface area contributed by atoms with E-state index in [1.807, 2.05) is 0 Å². The molecule has 0 unspecified atom stereocenters. The predicted molar refractivity (Wildman–Crippen MR) is 29.2 cm³/mol. The molecular weight excluding hydrogens is 108 g/mol. The Bertz CT molecular complexity index is 211. The van der Waals surface area contributed by atoms with Crippen LogP contribution in [0.4, 0.5) is 5.82 Å². The number of rotatable bonds is 1. The topological polar surface area (TPSA) is 86.7 Å². The Morgan fingerprint density at radius 2 is 2.38 bits per heavy atom. The summed E-state index contributed by atoms with van der Waals surface area (Å²) in [7, 11) is 0. The molecule has 0 spiro atoms. The molecule has 0 atom stereocenters. The van der Waals surface area contributed by atoms with Crippen molar-refractivity contribution in [1.82, 2.24) is 10.2 Å². The maximum atomic E-state index is 10.3. The number of hydrogen-bond acceptors (Lipinski definition) is 3. The van der Waals surface area contributed by atoms with Crippen LogP contribution in [0, 0.1) is 0 Å². The summed E-state index contributed by atoms with van der Waals surface area (Å²) in [5.41, 5.74) is 2.06. The predicted octanol–water partition coefficient (Wildman–Crippen LogP) is -1.01. The Balaban J connectivity index is 3.01. The first-order valence-electron chi connectivity index (χ1n) is 2.07. The molecule has 8 heavy (non-hydrogen) atoms. The van der Waals surface area contributed by atoms with Gasteiger partial charge in [-0.25, -0.2) is 5.84 Å². The van der Waals surface area contributed by atoms with E-state index in [4.69, 9.17) is 5.84 Å². The molecule has 0 saturated carbocycles. The second-order valence-corrected chi connectivity index (χ2v) is 1.32. The minimum atomic E-state index is -0.196. The zero-order valence-electron chi connectivity index (χ0n) is 4.06. The Hall–Kier alpha value is -1.23. The lowest BCUT2D eigenvalue weighted by Gasteiger charge is -1.86. The van der Waals surface area contributed by atoms with Crippen molar-refractivity contribution in [3.8, 4) is 0 Å². The van der Waals surface area contributed by atoms with Gasteiger partial charge in [-0.2, -0.15) is 0 Å². The van der Waals surface area contributed by atoms with Crippen LogP contribution >= 0.6 is 0 Å². The van der Waals surface area contributed by atoms with Crippen LogP contribution in [0.1, 0.15) is 0 Å². The second kappa shape index (κ2) is 1.71. The van der Waals surface area contributed by atoms with Gasteiger partial charge in [0.25, 0.3) is 5.56 Å². The molecular formula is C3H6N4O. The van der Waals surface area contributed by atoms with E-state index in [0.717, 1.165) is 0 Å². The smallest absolute Gasteiger partial charge is 0.266 e. The normalized spacial score (nSPS) is 9.12. The van der Waals surface area contributed by atoms with Crippen LogP contribution in [0.5, 0.6) is 0 Å². The van der Waals surface area contributed by atoms with Gasteiger partial charge < -0.3 is 5.43 Å². The Labute approximate surface area is 44.9 Å². The molecule has 0 aliphatic heterocycles. The molecule has 5 nitrogen and oxygen atoms in total. The lowest BCUT2D eigenvalue weighted by atomic mass is 10.6. The van der Waals surface area contributed by atoms with Crippen molar-refractivity contribution in [3.63, 3.8) is 0 Å². The third kappa shape index (κ3) is 0.710. The van der Waals surface area contributed by atoms with Crippen LogP contribution in [0.3, 0.4) is 0 Å². The van der Waals surface area contributed by atoms with E-state index in [0.29, 0.717) is 5.82 Å². The quantitative estimate of drug-likeness (QED) is 0.278. The molecule has 1 rings (SSSR count). The largest absolute Gasteiger partial charge is 0.309 e. The minimum Gasteiger partial charge on any atom is -0.309 e. The molecule has 1 heterocycles. The first-order valence-corrected chi connectivity index (χ1v) is 2.07. The van der Waals surface area contributed by atoms with Crippen LogP contribution < -0.4 is 16.8 Å². The van der Waals surface area contributed by atoms with Gasteiger partial charge in [0.05, 0.1) is 0 Å². The lowest BCUT2D eigenvalue weighted by molar-refractivity contribution is 1.05. The average molecular weight is 114 g/mol. The van der Waals surface area contributed by atoms with Gasteiger partial charge in [-0.3, -0.25) is 15.0 Å². The summed E-state index contributed by atoms with van der Waals surface area (Å²) < 4.78 is 0. The fraction of sp³-hybridized carbons (Fsp3) is 0. The zero-order chi connectivity index (χ0) is 5.98. The van der Waals surface area contributed by atoms with E-state index >= 15 is 0 Å². The van der Waals surface area contributed by atoms with Gasteiger partial charge in [0.1, 0.15) is 5.82 Å². The molecule has 44 valence electrons. The number of H-pyrrole nitrogens is 2. The number of aromatic nitrogens is 2. The fourth-order valence-corrected chi connectivity index (χ4v) is 0.410. The summed E-state index contributed by atoms with van der Waals surface area (Å²) in [5.74, 6) is 5.40. The van der Waals surface area contributed by atoms with Gasteiger partial charge in [-0.05, 0) is 0 Å². The van der Waals surface area contributed by atoms with Crippen LogP contribution in [-0.2, 0) is 0 Å². The van der Waals surface area contributed by atoms with Crippen molar-refractivity contribution >= 4 is 5.82 Å². The van der Waals surface area contributed by atoms with Crippen molar-refractivity contribution in [2.75, 3.05) is 5.43 Å². The van der Waals surface area contributed by atoms with Crippen molar-refractivity contribution < 1.29 is 0 Å². The van der Waals surface area contributed by atoms with E-state index in [2.05, 4.69) is 15.6 Å². The monoisotopic (exact) mass is 114 g/mol. The molecule has 0 radical (unpaired) electrons. The number of anilines is 1. The van der Waals surface area contributed by atoms with Crippen molar-refractivity contribution in [2.45, 2.75) is 0 Å². The van der Waals surface area contributed by atoms with E-state index in [9.17, 15) is 4.79 Å². The number of hydrazine groups is 1. The lowest BCUT2D eigenvalue weighted by Crippen LogP contribution is -2.06. The van der Waals surface area contributed by atoms with Crippen LogP contribution in [0.15, 0.2) is 10.9 Å². The van der Waals surface area contributed by atoms with Crippen LogP contribution in [0.25, 0.3) is 0 Å². The Morgan fingerprint density at radius 1 is 1.62 bits per heavy atom. The van der Waals surface area contributed by atoms with Crippen molar-refractivity contribution in [3.05, 3.63) is 16.4 Å². The molecule has 0 fully saturated rings. The maximum absolute atomic E-state index is 10.3. The highest BCUT2D eigenvalue weighted by molar-refractivity contribution is 5.28. The van der Waals surface area contributed by atoms with Gasteiger partial charge in [0, 0.05) is 6.07 Å². The average Bonchev–Trinajstić information content (AvgIpc) is 2.14. The zero-order valence-corrected chi connectivity index (χ0v) is 4.06. The summed E-state index contributed by atoms with van der Waals surface area (Å²) in [6, 6.07) is 1.32. The van der Waals surface area contributed by atoms with Gasteiger partial charge in [0.2, 0.25) is 0 Å². The van der Waals surface area contributed by atoms with E-state index < -0.39 is 0 Å². The third-order valence-corrected chi connectivity index (χ3v) is 0.751. The molecule has 5 N–H and O–H groups in total. The first kappa shape index (κ1) is 4.92. The number of nitrogens with one attached hydrogen (secondary N) is 3. The van der Waals surface area contributed by atoms with E-state index in [-0.39, 0.29) is 5.56 Å². The summed E-state index contributed by atoms with van der Waals surface area (Å²) in [6.07, 6.45) is 0.